The van der Waals surface area contributed by atoms with Crippen LogP contribution in [0.1, 0.15) is 57.4 Å². The number of carbonyl (C=O) groups is 5. The molecule has 0 fully saturated rings. The molecule has 0 aromatic heterocycles. The molecule has 4 aromatic carbocycles. The number of hydrogen-bond donors (Lipinski definition) is 0. The number of esters is 2. The minimum Gasteiger partial charge on any atom is -0.454 e. The molecule has 2 amide bonds. The van der Waals surface area contributed by atoms with Crippen molar-refractivity contribution >= 4 is 35.2 Å². The number of rotatable bonds is 7. The van der Waals surface area contributed by atoms with E-state index in [-0.39, 0.29) is 16.9 Å². The third-order valence-corrected chi connectivity index (χ3v) is 6.16. The van der Waals surface area contributed by atoms with Crippen molar-refractivity contribution in [2.24, 2.45) is 0 Å². The molecule has 1 heterocycles. The molecule has 0 bridgehead atoms. The third-order valence-electron chi connectivity index (χ3n) is 6.16. The van der Waals surface area contributed by atoms with Gasteiger partial charge in [0.1, 0.15) is 5.75 Å². The van der Waals surface area contributed by atoms with Gasteiger partial charge in [0.2, 0.25) is 0 Å². The first-order valence-electron chi connectivity index (χ1n) is 12.0. The van der Waals surface area contributed by atoms with E-state index < -0.39 is 36.1 Å². The molecule has 1 aliphatic rings. The second-order valence-electron chi connectivity index (χ2n) is 8.82. The van der Waals surface area contributed by atoms with Crippen molar-refractivity contribution in [3.05, 3.63) is 130 Å². The zero-order chi connectivity index (χ0) is 27.5. The Hall–Kier alpha value is -5.37. The van der Waals surface area contributed by atoms with Gasteiger partial charge >= 0.3 is 11.9 Å². The predicted octanol–water partition coefficient (Wildman–Crippen LogP) is 5.05. The minimum atomic E-state index is -0.735. The second-order valence-corrected chi connectivity index (χ2v) is 8.82. The van der Waals surface area contributed by atoms with E-state index in [1.807, 2.05) is 19.1 Å². The van der Waals surface area contributed by atoms with Crippen molar-refractivity contribution in [1.82, 2.24) is 0 Å². The van der Waals surface area contributed by atoms with Crippen LogP contribution >= 0.6 is 0 Å². The van der Waals surface area contributed by atoms with Gasteiger partial charge in [0.25, 0.3) is 11.8 Å². The number of anilines is 1. The SMILES string of the molecule is Cc1ccc(C(=O)Oc2ccc(C(=O)COC(=O)c3ccc(N4C(=O)c5ccccc5C4=O)cc3)cc2)cc1. The molecule has 39 heavy (non-hydrogen) atoms. The van der Waals surface area contributed by atoms with Gasteiger partial charge in [-0.15, -0.1) is 0 Å². The maximum absolute atomic E-state index is 12.6. The molecule has 0 N–H and O–H groups in total. The number of nitrogens with zero attached hydrogens (tertiary/aromatic N) is 1. The predicted molar refractivity (Wildman–Crippen MR) is 141 cm³/mol. The lowest BCUT2D eigenvalue weighted by Gasteiger charge is -2.14. The second kappa shape index (κ2) is 10.5. The van der Waals surface area contributed by atoms with Crippen LogP contribution in [0.15, 0.2) is 97.1 Å². The number of hydrogen-bond acceptors (Lipinski definition) is 7. The van der Waals surface area contributed by atoms with Gasteiger partial charge in [-0.3, -0.25) is 14.4 Å². The summed E-state index contributed by atoms with van der Waals surface area (Å²) in [7, 11) is 0. The van der Waals surface area contributed by atoms with Crippen molar-refractivity contribution in [2.75, 3.05) is 11.5 Å². The Bertz CT molecular complexity index is 1570. The monoisotopic (exact) mass is 519 g/mol. The molecule has 0 spiro atoms. The number of fused-ring (bicyclic) bond motifs is 1. The quantitative estimate of drug-likeness (QED) is 0.145. The van der Waals surface area contributed by atoms with Crippen molar-refractivity contribution in [1.29, 1.82) is 0 Å². The summed E-state index contributed by atoms with van der Waals surface area (Å²) in [4.78, 5) is 63.6. The van der Waals surface area contributed by atoms with E-state index in [0.717, 1.165) is 10.5 Å². The molecule has 4 aromatic rings. The van der Waals surface area contributed by atoms with Gasteiger partial charge in [0.15, 0.2) is 12.4 Å². The topological polar surface area (TPSA) is 107 Å². The summed E-state index contributed by atoms with van der Waals surface area (Å²) in [6, 6.07) is 25.2. The number of benzene rings is 4. The van der Waals surface area contributed by atoms with Gasteiger partial charge in [-0.25, -0.2) is 14.5 Å². The average Bonchev–Trinajstić information content (AvgIpc) is 3.22. The minimum absolute atomic E-state index is 0.154. The first-order chi connectivity index (χ1) is 18.8. The Morgan fingerprint density at radius 3 is 1.74 bits per heavy atom. The first-order valence-corrected chi connectivity index (χ1v) is 12.0. The summed E-state index contributed by atoms with van der Waals surface area (Å²) >= 11 is 0. The van der Waals surface area contributed by atoms with E-state index in [1.165, 1.54) is 48.5 Å². The van der Waals surface area contributed by atoms with Crippen LogP contribution in [0.3, 0.4) is 0 Å². The maximum Gasteiger partial charge on any atom is 0.343 e. The lowest BCUT2D eigenvalue weighted by atomic mass is 10.1. The molecule has 0 saturated carbocycles. The Kier molecular flexibility index (Phi) is 6.84. The highest BCUT2D eigenvalue weighted by atomic mass is 16.5. The van der Waals surface area contributed by atoms with Crippen LogP contribution in [0.25, 0.3) is 0 Å². The van der Waals surface area contributed by atoms with Gasteiger partial charge in [-0.05, 0) is 79.7 Å². The zero-order valence-corrected chi connectivity index (χ0v) is 20.7. The van der Waals surface area contributed by atoms with Gasteiger partial charge in [-0.2, -0.15) is 0 Å². The molecule has 0 radical (unpaired) electrons. The molecule has 0 aliphatic carbocycles. The van der Waals surface area contributed by atoms with Crippen molar-refractivity contribution in [2.45, 2.75) is 6.92 Å². The summed E-state index contributed by atoms with van der Waals surface area (Å²) < 4.78 is 10.5. The van der Waals surface area contributed by atoms with Crippen LogP contribution in [-0.4, -0.2) is 36.1 Å². The summed E-state index contributed by atoms with van der Waals surface area (Å²) in [6.45, 7) is 1.42. The third kappa shape index (κ3) is 5.21. The van der Waals surface area contributed by atoms with Gasteiger partial charge in [0.05, 0.1) is 27.9 Å². The average molecular weight is 520 g/mol. The van der Waals surface area contributed by atoms with Gasteiger partial charge in [0, 0.05) is 5.56 Å². The van der Waals surface area contributed by atoms with Crippen LogP contribution in [0, 0.1) is 6.92 Å². The molecule has 192 valence electrons. The lowest BCUT2D eigenvalue weighted by Crippen LogP contribution is -2.29. The lowest BCUT2D eigenvalue weighted by molar-refractivity contribution is 0.0474. The highest BCUT2D eigenvalue weighted by molar-refractivity contribution is 6.34. The zero-order valence-electron chi connectivity index (χ0n) is 20.7. The summed E-state index contributed by atoms with van der Waals surface area (Å²) in [5.74, 6) is -2.30. The number of imide groups is 1. The molecule has 8 heteroatoms. The van der Waals surface area contributed by atoms with Gasteiger partial charge in [-0.1, -0.05) is 29.8 Å². The Labute approximate surface area is 223 Å². The normalized spacial score (nSPS) is 12.2. The molecular weight excluding hydrogens is 498 g/mol. The van der Waals surface area contributed by atoms with E-state index in [0.29, 0.717) is 22.4 Å². The summed E-state index contributed by atoms with van der Waals surface area (Å²) in [6.07, 6.45) is 0. The van der Waals surface area contributed by atoms with E-state index in [9.17, 15) is 24.0 Å². The van der Waals surface area contributed by atoms with Gasteiger partial charge < -0.3 is 9.47 Å². The highest BCUT2D eigenvalue weighted by Gasteiger charge is 2.36. The number of ketones is 1. The van der Waals surface area contributed by atoms with E-state index in [4.69, 9.17) is 9.47 Å². The molecule has 0 saturated heterocycles. The largest absolute Gasteiger partial charge is 0.454 e. The van der Waals surface area contributed by atoms with E-state index in [1.54, 1.807) is 36.4 Å². The van der Waals surface area contributed by atoms with E-state index >= 15 is 0 Å². The molecule has 0 unspecified atom stereocenters. The molecule has 0 atom stereocenters. The molecule has 5 rings (SSSR count). The number of aryl methyl sites for hydroxylation is 1. The van der Waals surface area contributed by atoms with Crippen LogP contribution in [0.2, 0.25) is 0 Å². The Morgan fingerprint density at radius 2 is 1.15 bits per heavy atom. The van der Waals surface area contributed by atoms with Crippen molar-refractivity contribution < 1.29 is 33.4 Å². The smallest absolute Gasteiger partial charge is 0.343 e. The molecule has 8 nitrogen and oxygen atoms in total. The van der Waals surface area contributed by atoms with Crippen LogP contribution < -0.4 is 9.64 Å². The highest BCUT2D eigenvalue weighted by Crippen LogP contribution is 2.28. The van der Waals surface area contributed by atoms with Crippen molar-refractivity contribution in [3.63, 3.8) is 0 Å². The standard InChI is InChI=1S/C31H21NO7/c1-19-6-8-22(9-7-19)31(37)39-24-16-12-20(13-17-24)27(33)18-38-30(36)21-10-14-23(15-11-21)32-28(34)25-4-2-3-5-26(25)29(32)35/h2-17H,18H2,1H3. The van der Waals surface area contributed by atoms with Crippen LogP contribution in [0.4, 0.5) is 5.69 Å². The fraction of sp³-hybridized carbons (Fsp3) is 0.0645. The summed E-state index contributed by atoms with van der Waals surface area (Å²) in [5.41, 5.74) is 2.82. The Morgan fingerprint density at radius 1 is 0.641 bits per heavy atom. The first kappa shape index (κ1) is 25.3. The number of ether oxygens (including phenoxy) is 2. The summed E-state index contributed by atoms with van der Waals surface area (Å²) in [5, 5.41) is 0. The fourth-order valence-corrected chi connectivity index (χ4v) is 4.03. The number of Topliss-reactive ketones (excluding diaryl/α,β-unsaturated/α-hetero) is 1. The number of amides is 2. The van der Waals surface area contributed by atoms with Crippen LogP contribution in [0.5, 0.6) is 5.75 Å². The van der Waals surface area contributed by atoms with Crippen LogP contribution in [-0.2, 0) is 4.74 Å². The maximum atomic E-state index is 12.6. The fourth-order valence-electron chi connectivity index (χ4n) is 4.03. The Balaban J connectivity index is 1.16. The molecule has 1 aliphatic heterocycles. The van der Waals surface area contributed by atoms with Crippen molar-refractivity contribution in [3.8, 4) is 5.75 Å². The van der Waals surface area contributed by atoms with E-state index in [2.05, 4.69) is 0 Å². The number of carbonyl (C=O) groups excluding carboxylic acids is 5. The molecular formula is C31H21NO7.